The molecule has 2 aromatic carbocycles. The minimum absolute atomic E-state index is 0.504. The third-order valence-corrected chi connectivity index (χ3v) is 2.88. The molecule has 0 aliphatic carbocycles. The van der Waals surface area contributed by atoms with E-state index in [0.29, 0.717) is 22.7 Å². The second-order valence-electron chi connectivity index (χ2n) is 3.97. The first-order valence-corrected chi connectivity index (χ1v) is 6.03. The van der Waals surface area contributed by atoms with Gasteiger partial charge in [0.2, 0.25) is 0 Å². The SMILES string of the molecule is N#Cc1cccc(CNc2ccc(Cl)cc2C#N)c1. The van der Waals surface area contributed by atoms with Gasteiger partial charge in [-0.2, -0.15) is 10.5 Å². The number of hydrogen-bond donors (Lipinski definition) is 1. The molecule has 0 unspecified atom stereocenters. The Morgan fingerprint density at radius 3 is 2.63 bits per heavy atom. The minimum atomic E-state index is 0.504. The molecule has 2 rings (SSSR count). The Balaban J connectivity index is 2.15. The fourth-order valence-corrected chi connectivity index (χ4v) is 1.88. The zero-order valence-corrected chi connectivity index (χ0v) is 10.8. The fraction of sp³-hybridized carbons (Fsp3) is 0.0667. The number of halogens is 1. The predicted molar refractivity (Wildman–Crippen MR) is 74.7 cm³/mol. The Hall–Kier alpha value is -2.49. The number of anilines is 1. The monoisotopic (exact) mass is 267 g/mol. The van der Waals surface area contributed by atoms with Gasteiger partial charge in [-0.15, -0.1) is 0 Å². The highest BCUT2D eigenvalue weighted by molar-refractivity contribution is 6.30. The summed E-state index contributed by atoms with van der Waals surface area (Å²) < 4.78 is 0. The number of rotatable bonds is 3. The molecule has 2 aromatic rings. The number of nitrogens with one attached hydrogen (secondary N) is 1. The van der Waals surface area contributed by atoms with E-state index in [1.54, 1.807) is 24.3 Å². The molecule has 0 aliphatic heterocycles. The predicted octanol–water partition coefficient (Wildman–Crippen LogP) is 3.70. The first-order valence-electron chi connectivity index (χ1n) is 5.65. The van der Waals surface area contributed by atoms with Crippen molar-refractivity contribution >= 4 is 17.3 Å². The Kier molecular flexibility index (Phi) is 4.03. The Morgan fingerprint density at radius 2 is 1.89 bits per heavy atom. The molecule has 0 atom stereocenters. The summed E-state index contributed by atoms with van der Waals surface area (Å²) in [6, 6.07) is 16.7. The summed E-state index contributed by atoms with van der Waals surface area (Å²) in [4.78, 5) is 0. The van der Waals surface area contributed by atoms with Crippen LogP contribution in [0.5, 0.6) is 0 Å². The van der Waals surface area contributed by atoms with E-state index in [1.807, 2.05) is 18.2 Å². The molecule has 0 bridgehead atoms. The van der Waals surface area contributed by atoms with E-state index in [0.717, 1.165) is 11.3 Å². The Morgan fingerprint density at radius 1 is 1.05 bits per heavy atom. The molecule has 0 amide bonds. The summed E-state index contributed by atoms with van der Waals surface area (Å²) in [5, 5.41) is 21.6. The molecule has 0 saturated heterocycles. The first-order chi connectivity index (χ1) is 9.22. The summed E-state index contributed by atoms with van der Waals surface area (Å²) in [5.74, 6) is 0. The van der Waals surface area contributed by atoms with Crippen LogP contribution in [0.1, 0.15) is 16.7 Å². The first kappa shape index (κ1) is 13.0. The van der Waals surface area contributed by atoms with Crippen LogP contribution in [0.15, 0.2) is 42.5 Å². The maximum atomic E-state index is 9.03. The normalized spacial score (nSPS) is 9.42. The lowest BCUT2D eigenvalue weighted by Crippen LogP contribution is -2.01. The van der Waals surface area contributed by atoms with Crippen LogP contribution in [0.4, 0.5) is 5.69 Å². The van der Waals surface area contributed by atoms with Crippen molar-refractivity contribution in [2.45, 2.75) is 6.54 Å². The van der Waals surface area contributed by atoms with Crippen molar-refractivity contribution in [3.05, 3.63) is 64.2 Å². The molecule has 0 aromatic heterocycles. The zero-order valence-electron chi connectivity index (χ0n) is 10.0. The van der Waals surface area contributed by atoms with Gasteiger partial charge in [-0.3, -0.25) is 0 Å². The van der Waals surface area contributed by atoms with Gasteiger partial charge in [0.1, 0.15) is 6.07 Å². The molecule has 92 valence electrons. The van der Waals surface area contributed by atoms with E-state index >= 15 is 0 Å². The third kappa shape index (κ3) is 3.25. The zero-order chi connectivity index (χ0) is 13.7. The summed E-state index contributed by atoms with van der Waals surface area (Å²) in [7, 11) is 0. The average Bonchev–Trinajstić information content (AvgIpc) is 2.46. The Labute approximate surface area is 116 Å². The lowest BCUT2D eigenvalue weighted by atomic mass is 10.1. The van der Waals surface area contributed by atoms with Gasteiger partial charge < -0.3 is 5.32 Å². The number of nitriles is 2. The van der Waals surface area contributed by atoms with Crippen LogP contribution < -0.4 is 5.32 Å². The highest BCUT2D eigenvalue weighted by atomic mass is 35.5. The van der Waals surface area contributed by atoms with Crippen LogP contribution in [-0.4, -0.2) is 0 Å². The molecule has 1 N–H and O–H groups in total. The lowest BCUT2D eigenvalue weighted by Gasteiger charge is -2.08. The van der Waals surface area contributed by atoms with E-state index in [1.165, 1.54) is 0 Å². The molecule has 19 heavy (non-hydrogen) atoms. The molecule has 0 fully saturated rings. The second kappa shape index (κ2) is 5.91. The maximum Gasteiger partial charge on any atom is 0.101 e. The van der Waals surface area contributed by atoms with Gasteiger partial charge in [0.05, 0.1) is 22.9 Å². The van der Waals surface area contributed by atoms with Crippen molar-refractivity contribution in [3.8, 4) is 12.1 Å². The van der Waals surface area contributed by atoms with Crippen molar-refractivity contribution < 1.29 is 0 Å². The maximum absolute atomic E-state index is 9.03. The van der Waals surface area contributed by atoms with Gasteiger partial charge in [-0.1, -0.05) is 23.7 Å². The van der Waals surface area contributed by atoms with E-state index in [9.17, 15) is 0 Å². The van der Waals surface area contributed by atoms with Gasteiger partial charge in [0, 0.05) is 11.6 Å². The van der Waals surface area contributed by atoms with Crippen molar-refractivity contribution in [3.63, 3.8) is 0 Å². The van der Waals surface area contributed by atoms with E-state index in [4.69, 9.17) is 22.1 Å². The average molecular weight is 268 g/mol. The second-order valence-corrected chi connectivity index (χ2v) is 4.40. The van der Waals surface area contributed by atoms with Crippen LogP contribution in [0.2, 0.25) is 5.02 Å². The molecular weight excluding hydrogens is 258 g/mol. The molecule has 0 aliphatic rings. The molecule has 0 spiro atoms. The summed E-state index contributed by atoms with van der Waals surface area (Å²) in [6.45, 7) is 0.547. The van der Waals surface area contributed by atoms with Gasteiger partial charge in [-0.25, -0.2) is 0 Å². The topological polar surface area (TPSA) is 59.6 Å². The van der Waals surface area contributed by atoms with E-state index < -0.39 is 0 Å². The molecule has 0 heterocycles. The van der Waals surface area contributed by atoms with Crippen molar-refractivity contribution in [1.82, 2.24) is 0 Å². The molecule has 4 heteroatoms. The van der Waals surface area contributed by atoms with Gasteiger partial charge in [0.15, 0.2) is 0 Å². The summed E-state index contributed by atoms with van der Waals surface area (Å²) in [5.41, 5.74) is 2.84. The third-order valence-electron chi connectivity index (χ3n) is 2.64. The van der Waals surface area contributed by atoms with Crippen LogP contribution >= 0.6 is 11.6 Å². The fourth-order valence-electron chi connectivity index (χ4n) is 1.71. The quantitative estimate of drug-likeness (QED) is 0.922. The van der Waals surface area contributed by atoms with Crippen molar-refractivity contribution in [2.75, 3.05) is 5.32 Å². The molecule has 0 saturated carbocycles. The Bertz CT molecular complexity index is 681. The minimum Gasteiger partial charge on any atom is -0.380 e. The molecular formula is C15H10ClN3. The number of benzene rings is 2. The van der Waals surface area contributed by atoms with Crippen LogP contribution in [0.3, 0.4) is 0 Å². The standard InChI is InChI=1S/C15H10ClN3/c16-14-4-5-15(13(7-14)9-18)19-10-12-3-1-2-11(6-12)8-17/h1-7,19H,10H2. The molecule has 3 nitrogen and oxygen atoms in total. The largest absolute Gasteiger partial charge is 0.380 e. The van der Waals surface area contributed by atoms with Crippen LogP contribution in [0.25, 0.3) is 0 Å². The van der Waals surface area contributed by atoms with Gasteiger partial charge >= 0.3 is 0 Å². The smallest absolute Gasteiger partial charge is 0.101 e. The van der Waals surface area contributed by atoms with Crippen molar-refractivity contribution in [2.24, 2.45) is 0 Å². The number of hydrogen-bond acceptors (Lipinski definition) is 3. The molecule has 0 radical (unpaired) electrons. The highest BCUT2D eigenvalue weighted by Crippen LogP contribution is 2.20. The summed E-state index contributed by atoms with van der Waals surface area (Å²) >= 11 is 5.84. The number of nitrogens with zero attached hydrogens (tertiary/aromatic N) is 2. The summed E-state index contributed by atoms with van der Waals surface area (Å²) in [6.07, 6.45) is 0. The van der Waals surface area contributed by atoms with Gasteiger partial charge in [0.25, 0.3) is 0 Å². The van der Waals surface area contributed by atoms with Crippen LogP contribution in [0, 0.1) is 22.7 Å². The van der Waals surface area contributed by atoms with Gasteiger partial charge in [-0.05, 0) is 35.9 Å². The highest BCUT2D eigenvalue weighted by Gasteiger charge is 2.03. The van der Waals surface area contributed by atoms with E-state index in [-0.39, 0.29) is 0 Å². The van der Waals surface area contributed by atoms with E-state index in [2.05, 4.69) is 17.5 Å². The lowest BCUT2D eigenvalue weighted by molar-refractivity contribution is 1.14. The van der Waals surface area contributed by atoms with Crippen LogP contribution in [-0.2, 0) is 6.54 Å². The van der Waals surface area contributed by atoms with Crippen molar-refractivity contribution in [1.29, 1.82) is 10.5 Å².